The van der Waals surface area contributed by atoms with Crippen molar-refractivity contribution in [3.63, 3.8) is 0 Å². The fraction of sp³-hybridized carbons (Fsp3) is 0.833. The largest absolute Gasteiger partial charge is 0.368 e. The van der Waals surface area contributed by atoms with Crippen LogP contribution in [0.3, 0.4) is 0 Å². The van der Waals surface area contributed by atoms with Gasteiger partial charge in [-0.05, 0) is 127 Å². The number of methoxy groups -OCH3 is 1. The van der Waals surface area contributed by atoms with Crippen LogP contribution >= 0.6 is 0 Å². The van der Waals surface area contributed by atoms with Gasteiger partial charge in [-0.2, -0.15) is 0 Å². The van der Waals surface area contributed by atoms with Crippen LogP contribution in [0.4, 0.5) is 0 Å². The van der Waals surface area contributed by atoms with Gasteiger partial charge < -0.3 is 9.84 Å². The Balaban J connectivity index is 1.75. The maximum Gasteiger partial charge on any atom is 0.154 e. The summed E-state index contributed by atoms with van der Waals surface area (Å²) in [5.41, 5.74) is 6.78. The molecule has 0 heterocycles. The van der Waals surface area contributed by atoms with Gasteiger partial charge in [-0.3, -0.25) is 0 Å². The molecule has 2 nitrogen and oxygen atoms in total. The molecule has 3 fully saturated rings. The molecule has 4 rings (SSSR count). The third-order valence-corrected chi connectivity index (χ3v) is 13.5. The first-order chi connectivity index (χ1) is 17.5. The molecule has 0 spiro atoms. The highest BCUT2D eigenvalue weighted by Gasteiger charge is 2.67. The molecule has 0 bridgehead atoms. The van der Waals surface area contributed by atoms with Crippen LogP contribution in [-0.2, 0) is 4.74 Å². The molecule has 0 aromatic rings. The molecule has 0 aliphatic heterocycles. The van der Waals surface area contributed by atoms with E-state index in [0.717, 1.165) is 24.7 Å². The summed E-state index contributed by atoms with van der Waals surface area (Å²) in [6.07, 6.45) is 6.29. The van der Waals surface area contributed by atoms with Gasteiger partial charge in [0.25, 0.3) is 0 Å². The van der Waals surface area contributed by atoms with E-state index in [1.165, 1.54) is 31.3 Å². The molecule has 216 valence electrons. The van der Waals surface area contributed by atoms with Crippen molar-refractivity contribution >= 4 is 0 Å². The predicted molar refractivity (Wildman–Crippen MR) is 161 cm³/mol. The number of allylic oxidation sites excluding steroid dienone is 4. The van der Waals surface area contributed by atoms with Crippen molar-refractivity contribution in [3.8, 4) is 0 Å². The van der Waals surface area contributed by atoms with Crippen LogP contribution in [0.5, 0.6) is 0 Å². The monoisotopic (exact) mass is 524 g/mol. The number of rotatable bonds is 6. The lowest BCUT2D eigenvalue weighted by atomic mass is 9.33. The Morgan fingerprint density at radius 1 is 1.16 bits per heavy atom. The van der Waals surface area contributed by atoms with Crippen molar-refractivity contribution in [2.24, 2.45) is 69.5 Å². The van der Waals surface area contributed by atoms with Gasteiger partial charge in [0.15, 0.2) is 6.29 Å². The van der Waals surface area contributed by atoms with Gasteiger partial charge in [-0.1, -0.05) is 85.3 Å². The second kappa shape index (κ2) is 10.2. The minimum Gasteiger partial charge on any atom is -0.368 e. The van der Waals surface area contributed by atoms with E-state index in [9.17, 15) is 5.11 Å². The van der Waals surface area contributed by atoms with Crippen LogP contribution in [0.1, 0.15) is 108 Å². The average molecular weight is 525 g/mol. The highest BCUT2D eigenvalue weighted by atomic mass is 16.6. The zero-order chi connectivity index (χ0) is 28.5. The van der Waals surface area contributed by atoms with Gasteiger partial charge in [0.05, 0.1) is 0 Å². The first-order valence-electron chi connectivity index (χ1n) is 15.8. The van der Waals surface area contributed by atoms with Gasteiger partial charge in [-0.15, -0.1) is 0 Å². The minimum atomic E-state index is -0.641. The lowest BCUT2D eigenvalue weighted by molar-refractivity contribution is -0.178. The van der Waals surface area contributed by atoms with Gasteiger partial charge >= 0.3 is 0 Å². The maximum absolute atomic E-state index is 10.2. The van der Waals surface area contributed by atoms with Crippen molar-refractivity contribution in [2.75, 3.05) is 7.11 Å². The molecule has 38 heavy (non-hydrogen) atoms. The Morgan fingerprint density at radius 2 is 1.79 bits per heavy atom. The summed E-state index contributed by atoms with van der Waals surface area (Å²) in [5.74, 6) is 5.62. The lowest BCUT2D eigenvalue weighted by Crippen LogP contribution is -2.64. The summed E-state index contributed by atoms with van der Waals surface area (Å²) in [7, 11) is 1.62. The van der Waals surface area contributed by atoms with E-state index in [0.29, 0.717) is 52.3 Å². The summed E-state index contributed by atoms with van der Waals surface area (Å²) in [6.45, 7) is 34.5. The van der Waals surface area contributed by atoms with Crippen molar-refractivity contribution in [3.05, 3.63) is 35.5 Å². The SMILES string of the molecule is C=C(C)C1=C(C)CC2(C)CC3(C)CC4C(C(C)C)CC(CCC(O)OC)C(C)C4C(=C)C3C(C)C2(C)C1C. The fourth-order valence-electron chi connectivity index (χ4n) is 11.9. The van der Waals surface area contributed by atoms with Crippen molar-refractivity contribution in [1.82, 2.24) is 0 Å². The number of fused-ring (bicyclic) bond motifs is 3. The molecule has 3 saturated carbocycles. The molecule has 0 aromatic carbocycles. The Hall–Kier alpha value is -0.860. The van der Waals surface area contributed by atoms with Crippen molar-refractivity contribution < 1.29 is 9.84 Å². The van der Waals surface area contributed by atoms with Gasteiger partial charge in [0.1, 0.15) is 0 Å². The number of ether oxygens (including phenoxy) is 1. The van der Waals surface area contributed by atoms with E-state index >= 15 is 0 Å². The number of aliphatic hydroxyl groups is 1. The van der Waals surface area contributed by atoms with E-state index in [1.807, 2.05) is 0 Å². The summed E-state index contributed by atoms with van der Waals surface area (Å²) < 4.78 is 5.22. The lowest BCUT2D eigenvalue weighted by Gasteiger charge is -2.71. The molecule has 4 aliphatic carbocycles. The van der Waals surface area contributed by atoms with Crippen molar-refractivity contribution in [2.45, 2.75) is 114 Å². The smallest absolute Gasteiger partial charge is 0.154 e. The van der Waals surface area contributed by atoms with Crippen molar-refractivity contribution in [1.29, 1.82) is 0 Å². The topological polar surface area (TPSA) is 29.5 Å². The molecule has 1 N–H and O–H groups in total. The second-order valence-corrected chi connectivity index (χ2v) is 15.8. The number of aliphatic hydroxyl groups excluding tert-OH is 1. The van der Waals surface area contributed by atoms with Gasteiger partial charge in [0.2, 0.25) is 0 Å². The predicted octanol–water partition coefficient (Wildman–Crippen LogP) is 9.46. The Bertz CT molecular complexity index is 974. The molecule has 0 aromatic heterocycles. The van der Waals surface area contributed by atoms with E-state index in [1.54, 1.807) is 23.8 Å². The van der Waals surface area contributed by atoms with E-state index < -0.39 is 6.29 Å². The summed E-state index contributed by atoms with van der Waals surface area (Å²) >= 11 is 0. The third kappa shape index (κ3) is 4.34. The normalized spacial score (nSPS) is 47.9. The molecule has 2 heteroatoms. The maximum atomic E-state index is 10.2. The number of hydrogen-bond donors (Lipinski definition) is 1. The molecular weight excluding hydrogens is 464 g/mol. The van der Waals surface area contributed by atoms with Crippen LogP contribution in [0.15, 0.2) is 35.5 Å². The standard InChI is InChI=1S/C36H60O2/c1-20(2)28-16-27(14-15-30(37)38-13)23(6)32-24(7)33-26(9)36(12)25(8)31(21(3)4)22(5)17-35(36,11)19-34(33,10)18-29(28)32/h20,23,25-30,32-33,37H,3,7,14-19H2,1-2,4-6,8-13H3. The van der Waals surface area contributed by atoms with Crippen LogP contribution in [0, 0.1) is 69.5 Å². The van der Waals surface area contributed by atoms with Crippen LogP contribution in [-0.4, -0.2) is 18.5 Å². The summed E-state index contributed by atoms with van der Waals surface area (Å²) in [4.78, 5) is 0. The highest BCUT2D eigenvalue weighted by molar-refractivity contribution is 5.40. The first kappa shape index (κ1) is 30.1. The second-order valence-electron chi connectivity index (χ2n) is 15.8. The van der Waals surface area contributed by atoms with Crippen LogP contribution in [0.2, 0.25) is 0 Å². The highest BCUT2D eigenvalue weighted by Crippen LogP contribution is 2.74. The average Bonchev–Trinajstić information content (AvgIpc) is 2.79. The summed E-state index contributed by atoms with van der Waals surface area (Å²) in [6, 6.07) is 0. The van der Waals surface area contributed by atoms with Crippen LogP contribution < -0.4 is 0 Å². The molecular formula is C36H60O2. The third-order valence-electron chi connectivity index (χ3n) is 13.5. The summed E-state index contributed by atoms with van der Waals surface area (Å²) in [5, 5.41) is 10.2. The Labute approximate surface area is 235 Å². The fourth-order valence-corrected chi connectivity index (χ4v) is 11.9. The molecule has 0 amide bonds. The number of hydrogen-bond acceptors (Lipinski definition) is 2. The zero-order valence-electron chi connectivity index (χ0n) is 26.8. The molecule has 4 aliphatic rings. The molecule has 12 atom stereocenters. The molecule has 0 radical (unpaired) electrons. The Kier molecular flexibility index (Phi) is 8.08. The quantitative estimate of drug-likeness (QED) is 0.277. The molecule has 12 unspecified atom stereocenters. The van der Waals surface area contributed by atoms with E-state index in [4.69, 9.17) is 11.3 Å². The molecule has 0 saturated heterocycles. The first-order valence-corrected chi connectivity index (χ1v) is 15.8. The Morgan fingerprint density at radius 3 is 2.34 bits per heavy atom. The van der Waals surface area contributed by atoms with E-state index in [2.05, 4.69) is 75.8 Å². The van der Waals surface area contributed by atoms with Crippen LogP contribution in [0.25, 0.3) is 0 Å². The van der Waals surface area contributed by atoms with Gasteiger partial charge in [-0.25, -0.2) is 0 Å². The van der Waals surface area contributed by atoms with Gasteiger partial charge in [0, 0.05) is 7.11 Å². The zero-order valence-corrected chi connectivity index (χ0v) is 26.8. The minimum absolute atomic E-state index is 0.220. The van der Waals surface area contributed by atoms with E-state index in [-0.39, 0.29) is 5.41 Å².